The van der Waals surface area contributed by atoms with Crippen LogP contribution in [-0.2, 0) is 10.2 Å². The van der Waals surface area contributed by atoms with E-state index >= 15 is 0 Å². The molecule has 2 aromatic carbocycles. The Balaban J connectivity index is 0.00000218. The van der Waals surface area contributed by atoms with Crippen molar-refractivity contribution < 1.29 is 20.4 Å². The maximum atomic E-state index is 13.1. The number of hydrogen-bond acceptors (Lipinski definition) is 5. The first-order valence-corrected chi connectivity index (χ1v) is 9.51. The van der Waals surface area contributed by atoms with E-state index in [1.165, 1.54) is 0 Å². The number of hydrogen-bond donors (Lipinski definition) is 1. The highest BCUT2D eigenvalue weighted by atomic mass is 16.7. The number of carbonyl (C=O) groups excluding carboxylic acids is 1. The van der Waals surface area contributed by atoms with E-state index < -0.39 is 5.41 Å². The summed E-state index contributed by atoms with van der Waals surface area (Å²) in [5.74, 6) is 2.66. The first-order valence-electron chi connectivity index (χ1n) is 9.51. The van der Waals surface area contributed by atoms with Crippen LogP contribution in [0.4, 0.5) is 5.82 Å². The third-order valence-electron chi connectivity index (χ3n) is 5.47. The number of rotatable bonds is 5. The summed E-state index contributed by atoms with van der Waals surface area (Å²) in [5.41, 5.74) is 2.12. The Morgan fingerprint density at radius 1 is 1.07 bits per heavy atom. The molecule has 1 amide bonds. The minimum absolute atomic E-state index is 0. The van der Waals surface area contributed by atoms with Gasteiger partial charge in [0, 0.05) is 6.99 Å². The molecule has 0 unspecified atom stereocenters. The van der Waals surface area contributed by atoms with Gasteiger partial charge in [-0.25, -0.2) is 4.98 Å². The second kappa shape index (κ2) is 6.81. The molecular weight excluding hydrogens is 368 g/mol. The Morgan fingerprint density at radius 2 is 1.90 bits per heavy atom. The van der Waals surface area contributed by atoms with Crippen molar-refractivity contribution in [2.24, 2.45) is 0 Å². The zero-order valence-corrected chi connectivity index (χ0v) is 16.0. The van der Waals surface area contributed by atoms with Crippen LogP contribution in [0.25, 0.3) is 11.3 Å². The number of ether oxygens (including phenoxy) is 3. The number of fused-ring (bicyclic) bond motifs is 1. The lowest BCUT2D eigenvalue weighted by atomic mass is 9.94. The molecule has 1 fully saturated rings. The van der Waals surface area contributed by atoms with Crippen LogP contribution in [-0.4, -0.2) is 24.8 Å². The fourth-order valence-electron chi connectivity index (χ4n) is 3.65. The second-order valence-corrected chi connectivity index (χ2v) is 7.24. The average molecular weight is 390 g/mol. The molecule has 148 valence electrons. The third-order valence-corrected chi connectivity index (χ3v) is 5.47. The molecule has 3 aromatic rings. The number of amides is 1. The van der Waals surface area contributed by atoms with Crippen LogP contribution < -0.4 is 19.5 Å². The number of nitrogens with zero attached hydrogens (tertiary/aromatic N) is 1. The minimum Gasteiger partial charge on any atom is -0.497 e. The monoisotopic (exact) mass is 390 g/mol. The number of carbonyl (C=O) groups is 1. The molecule has 0 atom stereocenters. The molecule has 6 nitrogen and oxygen atoms in total. The molecule has 6 heteroatoms. The number of methoxy groups -OCH3 is 1. The average Bonchev–Trinajstić information content (AvgIpc) is 3.45. The van der Waals surface area contributed by atoms with Crippen molar-refractivity contribution >= 4 is 11.7 Å². The largest absolute Gasteiger partial charge is 0.497 e. The number of aromatic nitrogens is 1. The number of anilines is 1. The predicted molar refractivity (Wildman–Crippen MR) is 110 cm³/mol. The van der Waals surface area contributed by atoms with E-state index in [0.29, 0.717) is 11.6 Å². The summed E-state index contributed by atoms with van der Waals surface area (Å²) in [7, 11) is 1.63. The third kappa shape index (κ3) is 3.16. The Morgan fingerprint density at radius 3 is 2.72 bits per heavy atom. The predicted octanol–water partition coefficient (Wildman–Crippen LogP) is 4.40. The Labute approximate surface area is 169 Å². The Bertz CT molecular complexity index is 1100. The van der Waals surface area contributed by atoms with E-state index in [4.69, 9.17) is 14.2 Å². The zero-order valence-electron chi connectivity index (χ0n) is 16.0. The molecule has 0 saturated heterocycles. The lowest BCUT2D eigenvalue weighted by Crippen LogP contribution is -2.28. The maximum Gasteiger partial charge on any atom is 0.236 e. The molecule has 1 aliphatic heterocycles. The molecule has 0 bridgehead atoms. The fourth-order valence-corrected chi connectivity index (χ4v) is 3.65. The van der Waals surface area contributed by atoms with E-state index in [0.717, 1.165) is 41.2 Å². The molecule has 1 N–H and O–H groups in total. The van der Waals surface area contributed by atoms with Crippen molar-refractivity contribution in [3.8, 4) is 28.5 Å². The lowest BCUT2D eigenvalue weighted by molar-refractivity contribution is -0.118. The van der Waals surface area contributed by atoms with Gasteiger partial charge in [0.1, 0.15) is 11.6 Å². The van der Waals surface area contributed by atoms with Gasteiger partial charge in [-0.3, -0.25) is 4.79 Å². The van der Waals surface area contributed by atoms with Gasteiger partial charge in [-0.1, -0.05) is 24.3 Å². The van der Waals surface area contributed by atoms with Crippen molar-refractivity contribution in [1.82, 2.24) is 4.98 Å². The summed E-state index contributed by atoms with van der Waals surface area (Å²) in [4.78, 5) is 17.7. The molecule has 29 heavy (non-hydrogen) atoms. The molecule has 1 aliphatic carbocycles. The topological polar surface area (TPSA) is 69.7 Å². The summed E-state index contributed by atoms with van der Waals surface area (Å²) < 4.78 is 16.1. The highest BCUT2D eigenvalue weighted by Gasteiger charge is 2.51. The van der Waals surface area contributed by atoms with Crippen LogP contribution in [0.1, 0.15) is 19.8 Å². The van der Waals surface area contributed by atoms with Crippen molar-refractivity contribution in [3.05, 3.63) is 66.2 Å². The van der Waals surface area contributed by atoms with Gasteiger partial charge in [0.05, 0.1) is 18.2 Å². The fraction of sp³-hybridized carbons (Fsp3) is 0.217. The molecule has 0 spiro atoms. The molecule has 2 aliphatic rings. The van der Waals surface area contributed by atoms with Gasteiger partial charge in [-0.2, -0.15) is 0 Å². The van der Waals surface area contributed by atoms with E-state index in [9.17, 15) is 4.79 Å². The molecule has 5 rings (SSSR count). The van der Waals surface area contributed by atoms with Crippen LogP contribution in [0, 0.1) is 0 Å². The molecular formula is C23H22N2O4. The van der Waals surface area contributed by atoms with Crippen molar-refractivity contribution in [1.29, 1.82) is 0 Å². The molecule has 1 saturated carbocycles. The van der Waals surface area contributed by atoms with Gasteiger partial charge in [-0.15, -0.1) is 0 Å². The maximum absolute atomic E-state index is 13.1. The second-order valence-electron chi connectivity index (χ2n) is 7.24. The minimum atomic E-state index is -0.533. The van der Waals surface area contributed by atoms with E-state index in [1.54, 1.807) is 13.2 Å². The van der Waals surface area contributed by atoms with Gasteiger partial charge in [0.25, 0.3) is 0 Å². The lowest BCUT2D eigenvalue weighted by Gasteiger charge is -2.16. The van der Waals surface area contributed by atoms with Gasteiger partial charge < -0.3 is 19.5 Å². The SMILES string of the molecule is COc1cccc(-c2cccc(NC(=O)C3(c4ccc5c(c4)OCO5)CC3)n2)c1.[HH]. The number of pyridine rings is 1. The van der Waals surface area contributed by atoms with E-state index in [1.807, 2.05) is 54.6 Å². The Kier molecular flexibility index (Phi) is 4.12. The first-order chi connectivity index (χ1) is 14.2. The van der Waals surface area contributed by atoms with Crippen molar-refractivity contribution in [2.75, 3.05) is 19.2 Å². The zero-order chi connectivity index (χ0) is 19.8. The highest BCUT2D eigenvalue weighted by molar-refractivity contribution is 6.01. The van der Waals surface area contributed by atoms with Crippen LogP contribution in [0.5, 0.6) is 17.2 Å². The molecule has 1 aromatic heterocycles. The Hall–Kier alpha value is -3.54. The van der Waals surface area contributed by atoms with Crippen molar-refractivity contribution in [2.45, 2.75) is 18.3 Å². The molecule has 2 heterocycles. The van der Waals surface area contributed by atoms with Crippen LogP contribution in [0.3, 0.4) is 0 Å². The van der Waals surface area contributed by atoms with Gasteiger partial charge in [0.2, 0.25) is 12.7 Å². The van der Waals surface area contributed by atoms with E-state index in [2.05, 4.69) is 10.3 Å². The van der Waals surface area contributed by atoms with Crippen LogP contribution in [0.2, 0.25) is 0 Å². The van der Waals surface area contributed by atoms with Crippen LogP contribution >= 0.6 is 0 Å². The quantitative estimate of drug-likeness (QED) is 0.699. The highest BCUT2D eigenvalue weighted by Crippen LogP contribution is 2.51. The van der Waals surface area contributed by atoms with E-state index in [-0.39, 0.29) is 14.1 Å². The summed E-state index contributed by atoms with van der Waals surface area (Å²) in [5, 5.41) is 3.00. The van der Waals surface area contributed by atoms with Gasteiger partial charge >= 0.3 is 0 Å². The van der Waals surface area contributed by atoms with Gasteiger partial charge in [-0.05, 0) is 54.8 Å². The summed E-state index contributed by atoms with van der Waals surface area (Å²) in [6.07, 6.45) is 1.60. The van der Waals surface area contributed by atoms with Crippen molar-refractivity contribution in [3.63, 3.8) is 0 Å². The van der Waals surface area contributed by atoms with Gasteiger partial charge in [0.15, 0.2) is 11.5 Å². The smallest absolute Gasteiger partial charge is 0.236 e. The standard InChI is InChI=1S/C23H20N2O4.H2/c1-27-17-5-2-4-15(12-17)18-6-3-7-21(24-18)25-22(26)23(10-11-23)16-8-9-19-20(13-16)29-14-28-19;/h2-9,12-13H,10-11,14H2,1H3,(H,24,25,26);1H. The first kappa shape index (κ1) is 17.6. The molecule has 0 radical (unpaired) electrons. The summed E-state index contributed by atoms with van der Waals surface area (Å²) >= 11 is 0. The number of nitrogens with one attached hydrogen (secondary N) is 1. The summed E-state index contributed by atoms with van der Waals surface area (Å²) in [6, 6.07) is 19.0. The number of benzene rings is 2. The summed E-state index contributed by atoms with van der Waals surface area (Å²) in [6.45, 7) is 0.221. The van der Waals surface area contributed by atoms with Crippen LogP contribution in [0.15, 0.2) is 60.7 Å². The normalized spacial score (nSPS) is 15.6.